The molecule has 0 fully saturated rings. The molecule has 0 aromatic rings. The molecule has 0 amide bonds. The lowest BCUT2D eigenvalue weighted by atomic mass is 9.97. The van der Waals surface area contributed by atoms with Crippen molar-refractivity contribution < 1.29 is 14.6 Å². The first-order chi connectivity index (χ1) is 13.3. The van der Waals surface area contributed by atoms with E-state index in [9.17, 15) is 5.11 Å². The maximum atomic E-state index is 10.4. The van der Waals surface area contributed by atoms with Crippen LogP contribution in [0.15, 0.2) is 0 Å². The molecule has 0 saturated heterocycles. The van der Waals surface area contributed by atoms with Crippen molar-refractivity contribution in [2.24, 2.45) is 0 Å². The Morgan fingerprint density at radius 2 is 1.04 bits per heavy atom. The Morgan fingerprint density at radius 1 is 0.630 bits per heavy atom. The average Bonchev–Trinajstić information content (AvgIpc) is 2.68. The lowest BCUT2D eigenvalue weighted by Crippen LogP contribution is -2.37. The molecule has 0 heterocycles. The first-order valence-corrected chi connectivity index (χ1v) is 11.8. The molecule has 164 valence electrons. The highest BCUT2D eigenvalue weighted by Gasteiger charge is 2.16. The SMILES string of the molecule is CCOCCCCCCCCC(O)C(CCCCCCCCOCC)NC. The fraction of sp³-hybridized carbons (Fsp3) is 1.00. The molecular weight excluding hydrogens is 338 g/mol. The lowest BCUT2D eigenvalue weighted by Gasteiger charge is -2.22. The summed E-state index contributed by atoms with van der Waals surface area (Å²) >= 11 is 0. The topological polar surface area (TPSA) is 50.7 Å². The number of ether oxygens (including phenoxy) is 2. The van der Waals surface area contributed by atoms with Crippen LogP contribution in [0.5, 0.6) is 0 Å². The summed E-state index contributed by atoms with van der Waals surface area (Å²) in [4.78, 5) is 0. The molecule has 0 aliphatic heterocycles. The molecule has 0 saturated carbocycles. The van der Waals surface area contributed by atoms with Crippen molar-refractivity contribution in [3.05, 3.63) is 0 Å². The largest absolute Gasteiger partial charge is 0.392 e. The fourth-order valence-corrected chi connectivity index (χ4v) is 3.56. The van der Waals surface area contributed by atoms with E-state index in [0.717, 1.165) is 45.7 Å². The number of rotatable bonds is 22. The summed E-state index contributed by atoms with van der Waals surface area (Å²) in [6, 6.07) is 0.258. The third-order valence-corrected chi connectivity index (χ3v) is 5.34. The summed E-state index contributed by atoms with van der Waals surface area (Å²) < 4.78 is 10.7. The first-order valence-electron chi connectivity index (χ1n) is 11.8. The van der Waals surface area contributed by atoms with Crippen molar-refractivity contribution in [1.82, 2.24) is 5.32 Å². The van der Waals surface area contributed by atoms with Gasteiger partial charge in [-0.1, -0.05) is 64.2 Å². The van der Waals surface area contributed by atoms with Crippen LogP contribution in [0, 0.1) is 0 Å². The number of hydrogen-bond donors (Lipinski definition) is 2. The zero-order valence-corrected chi connectivity index (χ0v) is 18.6. The van der Waals surface area contributed by atoms with Gasteiger partial charge in [-0.3, -0.25) is 0 Å². The molecule has 0 aliphatic carbocycles. The summed E-state index contributed by atoms with van der Waals surface area (Å²) in [7, 11) is 1.99. The van der Waals surface area contributed by atoms with Gasteiger partial charge in [0.15, 0.2) is 0 Å². The van der Waals surface area contributed by atoms with Crippen molar-refractivity contribution in [2.45, 2.75) is 116 Å². The van der Waals surface area contributed by atoms with Crippen LogP contribution < -0.4 is 5.32 Å². The second-order valence-electron chi connectivity index (χ2n) is 7.68. The van der Waals surface area contributed by atoms with Crippen molar-refractivity contribution >= 4 is 0 Å². The van der Waals surface area contributed by atoms with Gasteiger partial charge in [-0.25, -0.2) is 0 Å². The van der Waals surface area contributed by atoms with Crippen molar-refractivity contribution in [3.63, 3.8) is 0 Å². The summed E-state index contributed by atoms with van der Waals surface area (Å²) in [5.74, 6) is 0. The monoisotopic (exact) mass is 387 g/mol. The molecule has 0 rings (SSSR count). The number of unbranched alkanes of at least 4 members (excludes halogenated alkanes) is 10. The van der Waals surface area contributed by atoms with Crippen molar-refractivity contribution in [3.8, 4) is 0 Å². The highest BCUT2D eigenvalue weighted by atomic mass is 16.5. The molecule has 4 heteroatoms. The second kappa shape index (κ2) is 22.1. The molecule has 4 nitrogen and oxygen atoms in total. The van der Waals surface area contributed by atoms with Crippen LogP contribution in [0.3, 0.4) is 0 Å². The summed E-state index contributed by atoms with van der Waals surface area (Å²) in [5.41, 5.74) is 0. The summed E-state index contributed by atoms with van der Waals surface area (Å²) in [6.45, 7) is 7.60. The van der Waals surface area contributed by atoms with Crippen LogP contribution in [-0.2, 0) is 9.47 Å². The zero-order chi connectivity index (χ0) is 20.0. The zero-order valence-electron chi connectivity index (χ0n) is 18.6. The Hall–Kier alpha value is -0.160. The Balaban J connectivity index is 3.47. The first kappa shape index (κ1) is 26.8. The molecule has 0 aromatic heterocycles. The van der Waals surface area contributed by atoms with E-state index in [1.165, 1.54) is 70.6 Å². The van der Waals surface area contributed by atoms with E-state index >= 15 is 0 Å². The van der Waals surface area contributed by atoms with Crippen LogP contribution >= 0.6 is 0 Å². The van der Waals surface area contributed by atoms with Crippen LogP contribution in [0.1, 0.15) is 104 Å². The van der Waals surface area contributed by atoms with Gasteiger partial charge in [0.1, 0.15) is 0 Å². The lowest BCUT2D eigenvalue weighted by molar-refractivity contribution is 0.113. The third-order valence-electron chi connectivity index (χ3n) is 5.34. The second-order valence-corrected chi connectivity index (χ2v) is 7.68. The highest BCUT2D eigenvalue weighted by Crippen LogP contribution is 2.15. The van der Waals surface area contributed by atoms with Crippen LogP contribution in [0.4, 0.5) is 0 Å². The molecule has 0 bridgehead atoms. The van der Waals surface area contributed by atoms with Gasteiger partial charge in [-0.15, -0.1) is 0 Å². The van der Waals surface area contributed by atoms with Gasteiger partial charge in [-0.05, 0) is 46.6 Å². The van der Waals surface area contributed by atoms with E-state index in [2.05, 4.69) is 19.2 Å². The number of hydrogen-bond acceptors (Lipinski definition) is 4. The predicted octanol–water partition coefficient (Wildman–Crippen LogP) is 5.47. The molecule has 2 unspecified atom stereocenters. The van der Waals surface area contributed by atoms with E-state index in [1.807, 2.05) is 7.05 Å². The number of nitrogens with one attached hydrogen (secondary N) is 1. The Labute approximate surface area is 169 Å². The van der Waals surface area contributed by atoms with Gasteiger partial charge in [0, 0.05) is 32.5 Å². The van der Waals surface area contributed by atoms with Gasteiger partial charge in [0.05, 0.1) is 6.10 Å². The van der Waals surface area contributed by atoms with Gasteiger partial charge in [0.2, 0.25) is 0 Å². The molecule has 0 aromatic carbocycles. The van der Waals surface area contributed by atoms with Crippen molar-refractivity contribution in [2.75, 3.05) is 33.5 Å². The normalized spacial score (nSPS) is 13.8. The van der Waals surface area contributed by atoms with Crippen molar-refractivity contribution in [1.29, 1.82) is 0 Å². The summed E-state index contributed by atoms with van der Waals surface area (Å²) in [5, 5.41) is 13.8. The number of aliphatic hydroxyl groups is 1. The van der Waals surface area contributed by atoms with Gasteiger partial charge >= 0.3 is 0 Å². The molecule has 0 spiro atoms. The highest BCUT2D eigenvalue weighted by molar-refractivity contribution is 4.74. The van der Waals surface area contributed by atoms with E-state index < -0.39 is 0 Å². The number of aliphatic hydroxyl groups excluding tert-OH is 1. The molecule has 2 N–H and O–H groups in total. The standard InChI is InChI=1S/C23H49NO3/c1-4-26-20-16-12-8-6-10-14-18-22(24-3)23(25)19-15-11-7-9-13-17-21-27-5-2/h22-25H,4-21H2,1-3H3. The van der Waals surface area contributed by atoms with Gasteiger partial charge in [0.25, 0.3) is 0 Å². The van der Waals surface area contributed by atoms with E-state index in [1.54, 1.807) is 0 Å². The van der Waals surface area contributed by atoms with E-state index in [0.29, 0.717) is 0 Å². The van der Waals surface area contributed by atoms with Crippen LogP contribution in [0.2, 0.25) is 0 Å². The minimum Gasteiger partial charge on any atom is -0.392 e. The van der Waals surface area contributed by atoms with Crippen LogP contribution in [-0.4, -0.2) is 50.7 Å². The summed E-state index contributed by atoms with van der Waals surface area (Å²) in [6.07, 6.45) is 16.8. The molecule has 0 radical (unpaired) electrons. The minimum absolute atomic E-state index is 0.195. The van der Waals surface area contributed by atoms with Gasteiger partial charge in [-0.2, -0.15) is 0 Å². The van der Waals surface area contributed by atoms with E-state index in [-0.39, 0.29) is 12.1 Å². The van der Waals surface area contributed by atoms with Crippen LogP contribution in [0.25, 0.3) is 0 Å². The third kappa shape index (κ3) is 18.9. The Kier molecular flexibility index (Phi) is 22.0. The van der Waals surface area contributed by atoms with E-state index in [4.69, 9.17) is 9.47 Å². The molecule has 27 heavy (non-hydrogen) atoms. The smallest absolute Gasteiger partial charge is 0.0693 e. The van der Waals surface area contributed by atoms with Gasteiger partial charge < -0.3 is 19.9 Å². The predicted molar refractivity (Wildman–Crippen MR) is 116 cm³/mol. The minimum atomic E-state index is -0.195. The quantitative estimate of drug-likeness (QED) is 0.242. The maximum Gasteiger partial charge on any atom is 0.0693 e. The molecule has 2 atom stereocenters. The number of likely N-dealkylation sites (N-methyl/N-ethyl adjacent to an activating group) is 1. The fourth-order valence-electron chi connectivity index (χ4n) is 3.56. The maximum absolute atomic E-state index is 10.4. The molecule has 0 aliphatic rings. The Bertz CT molecular complexity index is 276. The molecular formula is C23H49NO3. The average molecular weight is 388 g/mol. The Morgan fingerprint density at radius 3 is 1.48 bits per heavy atom.